The van der Waals surface area contributed by atoms with Gasteiger partial charge in [-0.3, -0.25) is 4.79 Å². The monoisotopic (exact) mass is 384 g/mol. The Balaban J connectivity index is 0.00000196. The van der Waals surface area contributed by atoms with E-state index in [1.807, 2.05) is 0 Å². The van der Waals surface area contributed by atoms with Gasteiger partial charge >= 0.3 is 6.03 Å². The molecule has 1 atom stereocenters. The van der Waals surface area contributed by atoms with E-state index in [4.69, 9.17) is 0 Å². The second-order valence-corrected chi connectivity index (χ2v) is 8.94. The van der Waals surface area contributed by atoms with Crippen LogP contribution in [-0.2, 0) is 4.79 Å². The number of urea groups is 1. The molecule has 0 aromatic rings. The van der Waals surface area contributed by atoms with E-state index in [1.54, 1.807) is 0 Å². The van der Waals surface area contributed by atoms with Crippen molar-refractivity contribution in [2.24, 2.45) is 17.8 Å². The molecule has 4 aliphatic carbocycles. The number of carbonyl (C=O) groups excluding carboxylic acids is 2. The Bertz CT molecular complexity index is 486. The van der Waals surface area contributed by atoms with Crippen molar-refractivity contribution in [3.8, 4) is 0 Å². The van der Waals surface area contributed by atoms with Gasteiger partial charge in [0.2, 0.25) is 5.91 Å². The van der Waals surface area contributed by atoms with Gasteiger partial charge in [-0.15, -0.1) is 12.4 Å². The fourth-order valence-electron chi connectivity index (χ4n) is 6.11. The molecule has 0 radical (unpaired) electrons. The molecule has 1 saturated heterocycles. The lowest BCUT2D eigenvalue weighted by molar-refractivity contribution is -0.121. The van der Waals surface area contributed by atoms with E-state index < -0.39 is 0 Å². The van der Waals surface area contributed by atoms with Crippen LogP contribution in [0.1, 0.15) is 57.8 Å². The number of carbonyl (C=O) groups is 2. The van der Waals surface area contributed by atoms with Gasteiger partial charge in [-0.1, -0.05) is 0 Å². The third kappa shape index (κ3) is 4.63. The van der Waals surface area contributed by atoms with Crippen molar-refractivity contribution in [1.82, 2.24) is 21.3 Å². The number of hydrogen-bond acceptors (Lipinski definition) is 3. The maximum absolute atomic E-state index is 12.3. The molecule has 0 unspecified atom stereocenters. The highest BCUT2D eigenvalue weighted by Crippen LogP contribution is 2.55. The number of halogens is 1. The Morgan fingerprint density at radius 2 is 1.69 bits per heavy atom. The van der Waals surface area contributed by atoms with Gasteiger partial charge in [-0.05, 0) is 75.7 Å². The summed E-state index contributed by atoms with van der Waals surface area (Å²) in [6.45, 7) is 2.30. The van der Waals surface area contributed by atoms with E-state index >= 15 is 0 Å². The van der Waals surface area contributed by atoms with Crippen molar-refractivity contribution in [3.05, 3.63) is 0 Å². The highest BCUT2D eigenvalue weighted by atomic mass is 35.5. The third-order valence-corrected chi connectivity index (χ3v) is 6.72. The van der Waals surface area contributed by atoms with Crippen molar-refractivity contribution in [1.29, 1.82) is 0 Å². The highest BCUT2D eigenvalue weighted by molar-refractivity contribution is 5.85. The number of nitrogens with one attached hydrogen (secondary N) is 4. The van der Waals surface area contributed by atoms with Crippen molar-refractivity contribution in [2.45, 2.75) is 69.4 Å². The summed E-state index contributed by atoms with van der Waals surface area (Å²) in [6.07, 6.45) is 10.1. The van der Waals surface area contributed by atoms with Crippen LogP contribution in [0.5, 0.6) is 0 Å². The normalized spacial score (nSPS) is 37.5. The number of amides is 3. The Morgan fingerprint density at radius 3 is 2.27 bits per heavy atom. The van der Waals surface area contributed by atoms with Crippen molar-refractivity contribution >= 4 is 24.3 Å². The number of hydrogen-bond donors (Lipinski definition) is 4. The highest BCUT2D eigenvalue weighted by Gasteiger charge is 2.51. The van der Waals surface area contributed by atoms with Gasteiger partial charge in [0.1, 0.15) is 0 Å². The zero-order valence-electron chi connectivity index (χ0n) is 15.5. The van der Waals surface area contributed by atoms with Gasteiger partial charge in [0.05, 0.1) is 0 Å². The minimum atomic E-state index is -0.0888. The second-order valence-electron chi connectivity index (χ2n) is 8.94. The summed E-state index contributed by atoms with van der Waals surface area (Å²) in [5.41, 5.74) is 0.0366. The first-order valence-corrected chi connectivity index (χ1v) is 10.2. The molecule has 26 heavy (non-hydrogen) atoms. The smallest absolute Gasteiger partial charge is 0.315 e. The molecule has 0 aromatic carbocycles. The molecule has 0 aromatic heterocycles. The molecular weight excluding hydrogens is 352 g/mol. The average molecular weight is 385 g/mol. The van der Waals surface area contributed by atoms with Gasteiger partial charge in [0.15, 0.2) is 0 Å². The fourth-order valence-corrected chi connectivity index (χ4v) is 6.11. The minimum absolute atomic E-state index is 0. The molecule has 1 aliphatic heterocycles. The van der Waals surface area contributed by atoms with Crippen LogP contribution in [0.2, 0.25) is 0 Å². The van der Waals surface area contributed by atoms with Gasteiger partial charge in [0, 0.05) is 31.1 Å². The molecule has 4 saturated carbocycles. The van der Waals surface area contributed by atoms with E-state index in [0.29, 0.717) is 13.0 Å². The molecule has 5 fully saturated rings. The van der Waals surface area contributed by atoms with Crippen LogP contribution in [0.4, 0.5) is 4.79 Å². The molecule has 0 spiro atoms. The summed E-state index contributed by atoms with van der Waals surface area (Å²) in [4.78, 5) is 24.3. The first kappa shape index (κ1) is 19.7. The summed E-state index contributed by atoms with van der Waals surface area (Å²) in [7, 11) is 0. The largest absolute Gasteiger partial charge is 0.352 e. The van der Waals surface area contributed by atoms with Gasteiger partial charge in [-0.25, -0.2) is 4.79 Å². The summed E-state index contributed by atoms with van der Waals surface area (Å²) in [6, 6.07) is 0.149. The van der Waals surface area contributed by atoms with Gasteiger partial charge in [0.25, 0.3) is 0 Å². The molecule has 6 nitrogen and oxygen atoms in total. The topological polar surface area (TPSA) is 82.3 Å². The minimum Gasteiger partial charge on any atom is -0.352 e. The van der Waals surface area contributed by atoms with Crippen LogP contribution in [0.15, 0.2) is 0 Å². The predicted octanol–water partition coefficient (Wildman–Crippen LogP) is 1.93. The number of rotatable bonds is 5. The molecule has 3 amide bonds. The molecule has 148 valence electrons. The van der Waals surface area contributed by atoms with Crippen molar-refractivity contribution in [2.75, 3.05) is 19.6 Å². The summed E-state index contributed by atoms with van der Waals surface area (Å²) in [5.74, 6) is 2.49. The fraction of sp³-hybridized carbons (Fsp3) is 0.895. The van der Waals surface area contributed by atoms with Crippen LogP contribution in [0.3, 0.4) is 0 Å². The standard InChI is InChI=1S/C19H32N4O2.ClH/c24-17(22-16-2-1-4-20-12-16)3-5-21-18(25)23-19-9-13-6-14(10-19)8-15(7-13)11-19;/h13-16,20H,1-12H2,(H,22,24)(H2,21,23,25);1H/t13?,14?,15?,16-,19?;/m0./s1. The van der Waals surface area contributed by atoms with Gasteiger partial charge < -0.3 is 21.3 Å². The second kappa shape index (κ2) is 8.34. The van der Waals surface area contributed by atoms with Crippen LogP contribution < -0.4 is 21.3 Å². The predicted molar refractivity (Wildman–Crippen MR) is 103 cm³/mol. The van der Waals surface area contributed by atoms with Crippen LogP contribution in [0, 0.1) is 17.8 Å². The number of piperidine rings is 1. The Labute approximate surface area is 162 Å². The Hall–Kier alpha value is -1.01. The van der Waals surface area contributed by atoms with E-state index in [0.717, 1.165) is 62.9 Å². The van der Waals surface area contributed by atoms with E-state index in [-0.39, 0.29) is 35.9 Å². The van der Waals surface area contributed by atoms with Gasteiger partial charge in [-0.2, -0.15) is 0 Å². The lowest BCUT2D eigenvalue weighted by Crippen LogP contribution is -2.61. The zero-order valence-corrected chi connectivity index (χ0v) is 16.3. The molecular formula is C19H33ClN4O2. The van der Waals surface area contributed by atoms with Crippen LogP contribution >= 0.6 is 12.4 Å². The Kier molecular flexibility index (Phi) is 6.33. The SMILES string of the molecule is Cl.O=C(CCNC(=O)NC12CC3CC(CC(C3)C1)C2)N[C@H]1CCCNC1. The first-order chi connectivity index (χ1) is 12.1. The summed E-state index contributed by atoms with van der Waals surface area (Å²) < 4.78 is 0. The van der Waals surface area contributed by atoms with E-state index in [1.165, 1.54) is 19.3 Å². The molecule has 4 N–H and O–H groups in total. The molecule has 4 bridgehead atoms. The molecule has 7 heteroatoms. The lowest BCUT2D eigenvalue weighted by Gasteiger charge is -2.56. The third-order valence-electron chi connectivity index (χ3n) is 6.72. The average Bonchev–Trinajstić information content (AvgIpc) is 2.53. The van der Waals surface area contributed by atoms with E-state index in [2.05, 4.69) is 21.3 Å². The summed E-state index contributed by atoms with van der Waals surface area (Å²) in [5, 5.41) is 12.5. The van der Waals surface area contributed by atoms with Crippen molar-refractivity contribution < 1.29 is 9.59 Å². The molecule has 5 aliphatic rings. The zero-order chi connectivity index (χ0) is 17.3. The lowest BCUT2D eigenvalue weighted by atomic mass is 9.53. The summed E-state index contributed by atoms with van der Waals surface area (Å²) >= 11 is 0. The maximum Gasteiger partial charge on any atom is 0.315 e. The maximum atomic E-state index is 12.3. The molecule has 1 heterocycles. The Morgan fingerprint density at radius 1 is 1.04 bits per heavy atom. The quantitative estimate of drug-likeness (QED) is 0.584. The van der Waals surface area contributed by atoms with Crippen LogP contribution in [-0.4, -0.2) is 43.2 Å². The van der Waals surface area contributed by atoms with Crippen LogP contribution in [0.25, 0.3) is 0 Å². The van der Waals surface area contributed by atoms with E-state index in [9.17, 15) is 9.59 Å². The molecule has 5 rings (SSSR count). The first-order valence-electron chi connectivity index (χ1n) is 10.2. The van der Waals surface area contributed by atoms with Crippen molar-refractivity contribution in [3.63, 3.8) is 0 Å².